The molecule has 3 aromatic heterocycles. The van der Waals surface area contributed by atoms with E-state index in [1.54, 1.807) is 19.1 Å². The molecular weight excluding hydrogens is 422 g/mol. The molecule has 0 aliphatic carbocycles. The second-order valence-electron chi connectivity index (χ2n) is 7.03. The van der Waals surface area contributed by atoms with Gasteiger partial charge in [-0.05, 0) is 55.3 Å². The van der Waals surface area contributed by atoms with Crippen LogP contribution in [0.15, 0.2) is 48.8 Å². The Balaban J connectivity index is 1.97. The van der Waals surface area contributed by atoms with Crippen molar-refractivity contribution >= 4 is 5.65 Å². The minimum Gasteiger partial charge on any atom is -0.262 e. The number of alkyl halides is 6. The lowest BCUT2D eigenvalue weighted by Crippen LogP contribution is -2.14. The molecule has 0 unspecified atom stereocenters. The summed E-state index contributed by atoms with van der Waals surface area (Å²) in [5, 5.41) is 3.85. The van der Waals surface area contributed by atoms with E-state index in [1.165, 1.54) is 25.4 Å². The number of benzene rings is 1. The maximum absolute atomic E-state index is 13.7. The van der Waals surface area contributed by atoms with Gasteiger partial charge in [-0.25, -0.2) is 9.50 Å². The van der Waals surface area contributed by atoms with E-state index in [2.05, 4.69) is 15.1 Å². The molecule has 0 fully saturated rings. The Morgan fingerprint density at radius 2 is 1.58 bits per heavy atom. The number of hydrogen-bond donors (Lipinski definition) is 0. The van der Waals surface area contributed by atoms with E-state index in [0.717, 1.165) is 18.2 Å². The molecule has 31 heavy (non-hydrogen) atoms. The fourth-order valence-corrected chi connectivity index (χ4v) is 3.37. The zero-order chi connectivity index (χ0) is 22.6. The standard InChI is InChI=1S/C21H14F6N4/c1-11-7-14(3-4-16(11)20(22,23)24)17-9-18(21(25,26)27)31-19(30-17)15(10-29-31)13-5-6-28-12(2)8-13/h3-10H,1-2H3. The van der Waals surface area contributed by atoms with Crippen LogP contribution in [0.1, 0.15) is 22.5 Å². The summed E-state index contributed by atoms with van der Waals surface area (Å²) in [6, 6.07) is 7.21. The van der Waals surface area contributed by atoms with Crippen LogP contribution in [0.25, 0.3) is 28.0 Å². The van der Waals surface area contributed by atoms with Crippen LogP contribution in [-0.2, 0) is 12.4 Å². The molecular formula is C21H14F6N4. The molecule has 0 bridgehead atoms. The van der Waals surface area contributed by atoms with Gasteiger partial charge < -0.3 is 0 Å². The quantitative estimate of drug-likeness (QED) is 0.356. The SMILES string of the molecule is Cc1cc(-c2cnn3c(C(F)(F)F)cc(-c4ccc(C(F)(F)F)c(C)c4)nc23)ccn1. The Morgan fingerprint density at radius 3 is 2.19 bits per heavy atom. The van der Waals surface area contributed by atoms with Crippen molar-refractivity contribution in [1.29, 1.82) is 0 Å². The molecule has 0 spiro atoms. The van der Waals surface area contributed by atoms with Gasteiger partial charge in [0.1, 0.15) is 0 Å². The van der Waals surface area contributed by atoms with Crippen LogP contribution in [0, 0.1) is 13.8 Å². The van der Waals surface area contributed by atoms with Gasteiger partial charge in [0.05, 0.1) is 17.5 Å². The molecule has 0 radical (unpaired) electrons. The molecule has 10 heteroatoms. The molecule has 4 rings (SSSR count). The third kappa shape index (κ3) is 3.85. The van der Waals surface area contributed by atoms with Gasteiger partial charge in [0.2, 0.25) is 0 Å². The molecule has 0 aliphatic rings. The van der Waals surface area contributed by atoms with E-state index < -0.39 is 23.6 Å². The third-order valence-corrected chi connectivity index (χ3v) is 4.80. The number of pyridine rings is 1. The van der Waals surface area contributed by atoms with Gasteiger partial charge >= 0.3 is 12.4 Å². The molecule has 1 aromatic carbocycles. The van der Waals surface area contributed by atoms with Gasteiger partial charge in [-0.1, -0.05) is 6.07 Å². The molecule has 0 saturated heterocycles. The van der Waals surface area contributed by atoms with E-state index in [0.29, 0.717) is 21.3 Å². The van der Waals surface area contributed by atoms with Crippen molar-refractivity contribution in [2.24, 2.45) is 0 Å². The zero-order valence-corrected chi connectivity index (χ0v) is 16.2. The Morgan fingerprint density at radius 1 is 0.839 bits per heavy atom. The molecule has 0 atom stereocenters. The number of aryl methyl sites for hydroxylation is 2. The summed E-state index contributed by atoms with van der Waals surface area (Å²) in [4.78, 5) is 8.39. The molecule has 3 heterocycles. The molecule has 4 aromatic rings. The van der Waals surface area contributed by atoms with Gasteiger partial charge in [-0.15, -0.1) is 0 Å². The van der Waals surface area contributed by atoms with Gasteiger partial charge in [0, 0.05) is 23.0 Å². The summed E-state index contributed by atoms with van der Waals surface area (Å²) in [6.45, 7) is 2.99. The van der Waals surface area contributed by atoms with E-state index in [1.807, 2.05) is 0 Å². The van der Waals surface area contributed by atoms with Crippen LogP contribution in [-0.4, -0.2) is 19.6 Å². The van der Waals surface area contributed by atoms with E-state index in [4.69, 9.17) is 0 Å². The van der Waals surface area contributed by atoms with Gasteiger partial charge in [-0.2, -0.15) is 31.4 Å². The number of aromatic nitrogens is 4. The van der Waals surface area contributed by atoms with Crippen molar-refractivity contribution in [1.82, 2.24) is 19.6 Å². The maximum atomic E-state index is 13.7. The Hall–Kier alpha value is -3.43. The van der Waals surface area contributed by atoms with Crippen molar-refractivity contribution in [2.45, 2.75) is 26.2 Å². The third-order valence-electron chi connectivity index (χ3n) is 4.80. The summed E-state index contributed by atoms with van der Waals surface area (Å²) in [5.74, 6) is 0. The average molecular weight is 436 g/mol. The zero-order valence-electron chi connectivity index (χ0n) is 16.2. The second-order valence-corrected chi connectivity index (χ2v) is 7.03. The Bertz CT molecular complexity index is 1290. The fourth-order valence-electron chi connectivity index (χ4n) is 3.37. The molecule has 0 saturated carbocycles. The molecule has 160 valence electrons. The van der Waals surface area contributed by atoms with E-state index in [-0.39, 0.29) is 22.5 Å². The van der Waals surface area contributed by atoms with Crippen LogP contribution >= 0.6 is 0 Å². The summed E-state index contributed by atoms with van der Waals surface area (Å²) in [6.07, 6.45) is -6.53. The maximum Gasteiger partial charge on any atom is 0.433 e. The number of fused-ring (bicyclic) bond motifs is 1. The first-order chi connectivity index (χ1) is 14.4. The second kappa shape index (κ2) is 7.07. The fraction of sp³-hybridized carbons (Fsp3) is 0.190. The lowest BCUT2D eigenvalue weighted by Gasteiger charge is -2.14. The number of halogens is 6. The minimum absolute atomic E-state index is 0.0621. The molecule has 0 aliphatic heterocycles. The highest BCUT2D eigenvalue weighted by Crippen LogP contribution is 2.37. The van der Waals surface area contributed by atoms with Crippen molar-refractivity contribution in [3.63, 3.8) is 0 Å². The van der Waals surface area contributed by atoms with Crippen molar-refractivity contribution in [3.8, 4) is 22.4 Å². The van der Waals surface area contributed by atoms with Crippen LogP contribution in [0.5, 0.6) is 0 Å². The summed E-state index contributed by atoms with van der Waals surface area (Å²) >= 11 is 0. The highest BCUT2D eigenvalue weighted by atomic mass is 19.4. The van der Waals surface area contributed by atoms with Crippen molar-refractivity contribution < 1.29 is 26.3 Å². The first-order valence-electron chi connectivity index (χ1n) is 9.02. The summed E-state index contributed by atoms with van der Waals surface area (Å²) in [5.41, 5.74) is -0.507. The van der Waals surface area contributed by atoms with Crippen molar-refractivity contribution in [3.05, 3.63) is 71.3 Å². The highest BCUT2D eigenvalue weighted by Gasteiger charge is 2.36. The lowest BCUT2D eigenvalue weighted by molar-refractivity contribution is -0.142. The predicted octanol–water partition coefficient (Wildman–Crippen LogP) is 6.11. The first-order valence-corrected chi connectivity index (χ1v) is 9.02. The highest BCUT2D eigenvalue weighted by molar-refractivity contribution is 5.79. The van der Waals surface area contributed by atoms with Crippen LogP contribution < -0.4 is 0 Å². The minimum atomic E-state index is -4.76. The average Bonchev–Trinajstić information content (AvgIpc) is 3.09. The van der Waals surface area contributed by atoms with Gasteiger partial charge in [0.25, 0.3) is 0 Å². The lowest BCUT2D eigenvalue weighted by atomic mass is 10.0. The molecule has 0 amide bonds. The van der Waals surface area contributed by atoms with Crippen LogP contribution in [0.4, 0.5) is 26.3 Å². The van der Waals surface area contributed by atoms with Crippen molar-refractivity contribution in [2.75, 3.05) is 0 Å². The summed E-state index contributed by atoms with van der Waals surface area (Å²) < 4.78 is 81.1. The van der Waals surface area contributed by atoms with Gasteiger partial charge in [-0.3, -0.25) is 4.98 Å². The number of rotatable bonds is 2. The molecule has 4 nitrogen and oxygen atoms in total. The normalized spacial score (nSPS) is 12.5. The monoisotopic (exact) mass is 436 g/mol. The summed E-state index contributed by atoms with van der Waals surface area (Å²) in [7, 11) is 0. The van der Waals surface area contributed by atoms with Gasteiger partial charge in [0.15, 0.2) is 11.3 Å². The molecule has 0 N–H and O–H groups in total. The largest absolute Gasteiger partial charge is 0.433 e. The Kier molecular flexibility index (Phi) is 4.75. The van der Waals surface area contributed by atoms with E-state index in [9.17, 15) is 26.3 Å². The predicted molar refractivity (Wildman–Crippen MR) is 101 cm³/mol. The van der Waals surface area contributed by atoms with E-state index >= 15 is 0 Å². The Labute approximate surface area is 172 Å². The topological polar surface area (TPSA) is 43.1 Å². The number of nitrogens with zero attached hydrogens (tertiary/aromatic N) is 4. The number of hydrogen-bond acceptors (Lipinski definition) is 3. The smallest absolute Gasteiger partial charge is 0.262 e. The van der Waals surface area contributed by atoms with Crippen LogP contribution in [0.3, 0.4) is 0 Å². The first kappa shape index (κ1) is 20.8. The van der Waals surface area contributed by atoms with Crippen LogP contribution in [0.2, 0.25) is 0 Å².